The van der Waals surface area contributed by atoms with E-state index in [0.717, 1.165) is 35.8 Å². The molecule has 1 aromatic carbocycles. The van der Waals surface area contributed by atoms with E-state index in [0.29, 0.717) is 17.4 Å². The zero-order valence-electron chi connectivity index (χ0n) is 15.5. The maximum atomic E-state index is 13.0. The third kappa shape index (κ3) is 2.69. The van der Waals surface area contributed by atoms with Crippen molar-refractivity contribution < 1.29 is 4.79 Å². The Hall–Kier alpha value is -2.63. The molecule has 1 aliphatic rings. The van der Waals surface area contributed by atoms with E-state index >= 15 is 0 Å². The van der Waals surface area contributed by atoms with Crippen LogP contribution in [-0.2, 0) is 18.4 Å². The lowest BCUT2D eigenvalue weighted by atomic mass is 9.92. The molecule has 0 aliphatic carbocycles. The second kappa shape index (κ2) is 6.27. The van der Waals surface area contributed by atoms with Gasteiger partial charge in [0.25, 0.3) is 5.56 Å². The van der Waals surface area contributed by atoms with E-state index in [9.17, 15) is 9.59 Å². The number of hydrogen-bond acceptors (Lipinski definition) is 3. The first-order valence-electron chi connectivity index (χ1n) is 9.16. The maximum Gasteiger partial charge on any atom is 0.291 e. The van der Waals surface area contributed by atoms with Gasteiger partial charge in [-0.1, -0.05) is 32.0 Å². The standard InChI is InChI=1S/C20H24N4O2/c1-13-8-14(2)11-23(10-13)18(25)12-24-20(26)19-16(9-21-24)15-6-4-5-7-17(15)22(19)3/h4-7,9,13-14H,8,10-12H2,1-3H3/t13-,14-/m1/s1. The molecule has 1 aliphatic heterocycles. The van der Waals surface area contributed by atoms with E-state index in [1.165, 1.54) is 4.68 Å². The highest BCUT2D eigenvalue weighted by molar-refractivity contribution is 6.07. The van der Waals surface area contributed by atoms with Crippen molar-refractivity contribution in [2.75, 3.05) is 13.1 Å². The van der Waals surface area contributed by atoms with Gasteiger partial charge in [-0.25, -0.2) is 4.68 Å². The van der Waals surface area contributed by atoms with Crippen LogP contribution in [0.3, 0.4) is 0 Å². The number of aromatic nitrogens is 3. The molecule has 136 valence electrons. The summed E-state index contributed by atoms with van der Waals surface area (Å²) >= 11 is 0. The second-order valence-electron chi connectivity index (χ2n) is 7.69. The number of benzene rings is 1. The Kier molecular flexibility index (Phi) is 4.05. The number of amides is 1. The molecule has 0 spiro atoms. The fourth-order valence-electron chi connectivity index (χ4n) is 4.32. The van der Waals surface area contributed by atoms with Gasteiger partial charge in [0.1, 0.15) is 12.1 Å². The fraction of sp³-hybridized carbons (Fsp3) is 0.450. The summed E-state index contributed by atoms with van der Waals surface area (Å²) in [5, 5.41) is 6.12. The summed E-state index contributed by atoms with van der Waals surface area (Å²) in [6, 6.07) is 7.89. The van der Waals surface area contributed by atoms with Crippen molar-refractivity contribution in [1.29, 1.82) is 0 Å². The van der Waals surface area contributed by atoms with Crippen LogP contribution < -0.4 is 5.56 Å². The number of carbonyl (C=O) groups excluding carboxylic acids is 1. The van der Waals surface area contributed by atoms with Crippen molar-refractivity contribution in [3.63, 3.8) is 0 Å². The number of carbonyl (C=O) groups is 1. The van der Waals surface area contributed by atoms with Gasteiger partial charge >= 0.3 is 0 Å². The van der Waals surface area contributed by atoms with Crippen LogP contribution in [0.4, 0.5) is 0 Å². The predicted molar refractivity (Wildman–Crippen MR) is 102 cm³/mol. The van der Waals surface area contributed by atoms with Crippen molar-refractivity contribution in [3.05, 3.63) is 40.8 Å². The molecule has 0 N–H and O–H groups in total. The summed E-state index contributed by atoms with van der Waals surface area (Å²) in [4.78, 5) is 27.6. The van der Waals surface area contributed by atoms with E-state index < -0.39 is 0 Å². The van der Waals surface area contributed by atoms with E-state index in [2.05, 4.69) is 18.9 Å². The lowest BCUT2D eigenvalue weighted by Crippen LogP contribution is -2.45. The van der Waals surface area contributed by atoms with Gasteiger partial charge in [-0.3, -0.25) is 9.59 Å². The number of fused-ring (bicyclic) bond motifs is 3. The highest BCUT2D eigenvalue weighted by Crippen LogP contribution is 2.25. The van der Waals surface area contributed by atoms with Crippen LogP contribution in [0.2, 0.25) is 0 Å². The monoisotopic (exact) mass is 352 g/mol. The van der Waals surface area contributed by atoms with Crippen molar-refractivity contribution in [3.8, 4) is 0 Å². The van der Waals surface area contributed by atoms with Crippen molar-refractivity contribution in [2.24, 2.45) is 18.9 Å². The fourth-order valence-corrected chi connectivity index (χ4v) is 4.32. The molecule has 0 saturated carbocycles. The molecular weight excluding hydrogens is 328 g/mol. The van der Waals surface area contributed by atoms with Gasteiger partial charge in [0.05, 0.1) is 6.20 Å². The number of piperidine rings is 1. The Morgan fingerprint density at radius 1 is 1.15 bits per heavy atom. The molecule has 1 amide bonds. The number of aryl methyl sites for hydroxylation is 1. The number of para-hydroxylation sites is 1. The van der Waals surface area contributed by atoms with Crippen molar-refractivity contribution in [2.45, 2.75) is 26.8 Å². The molecule has 2 atom stereocenters. The molecule has 1 saturated heterocycles. The zero-order chi connectivity index (χ0) is 18.4. The smallest absolute Gasteiger partial charge is 0.291 e. The Morgan fingerprint density at radius 2 is 1.85 bits per heavy atom. The van der Waals surface area contributed by atoms with Crippen molar-refractivity contribution >= 4 is 27.7 Å². The molecule has 6 nitrogen and oxygen atoms in total. The van der Waals surface area contributed by atoms with Gasteiger partial charge in [0.15, 0.2) is 0 Å². The minimum atomic E-state index is -0.215. The van der Waals surface area contributed by atoms with Gasteiger partial charge in [-0.15, -0.1) is 0 Å². The molecule has 0 radical (unpaired) electrons. The van der Waals surface area contributed by atoms with Gasteiger partial charge in [-0.2, -0.15) is 5.10 Å². The number of hydrogen-bond donors (Lipinski definition) is 0. The Morgan fingerprint density at radius 3 is 2.58 bits per heavy atom. The van der Waals surface area contributed by atoms with Gasteiger partial charge in [0.2, 0.25) is 5.91 Å². The SMILES string of the molecule is C[C@@H]1C[C@@H](C)CN(C(=O)Cn2ncc3c4ccccc4n(C)c3c2=O)C1. The number of rotatable bonds is 2. The molecule has 3 heterocycles. The van der Waals surface area contributed by atoms with E-state index in [1.54, 1.807) is 6.20 Å². The number of nitrogens with zero attached hydrogens (tertiary/aromatic N) is 4. The molecule has 1 fully saturated rings. The summed E-state index contributed by atoms with van der Waals surface area (Å²) < 4.78 is 3.19. The predicted octanol–water partition coefficient (Wildman–Crippen LogP) is 2.39. The summed E-state index contributed by atoms with van der Waals surface area (Å²) in [7, 11) is 1.88. The summed E-state index contributed by atoms with van der Waals surface area (Å²) in [6.45, 7) is 5.85. The zero-order valence-corrected chi connectivity index (χ0v) is 15.5. The highest BCUT2D eigenvalue weighted by atomic mass is 16.2. The Labute approximate surface area is 152 Å². The quantitative estimate of drug-likeness (QED) is 0.711. The summed E-state index contributed by atoms with van der Waals surface area (Å²) in [5.74, 6) is 0.956. The van der Waals surface area contributed by atoms with E-state index in [1.807, 2.05) is 40.8 Å². The van der Waals surface area contributed by atoms with Crippen LogP contribution in [0.15, 0.2) is 35.3 Å². The second-order valence-corrected chi connectivity index (χ2v) is 7.69. The summed E-state index contributed by atoms with van der Waals surface area (Å²) in [5.41, 5.74) is 1.37. The largest absolute Gasteiger partial charge is 0.341 e. The van der Waals surface area contributed by atoms with Crippen LogP contribution in [0.25, 0.3) is 21.8 Å². The summed E-state index contributed by atoms with van der Waals surface area (Å²) in [6.07, 6.45) is 2.84. The van der Waals surface area contributed by atoms with Crippen LogP contribution >= 0.6 is 0 Å². The minimum absolute atomic E-state index is 0.00423. The van der Waals surface area contributed by atoms with E-state index in [4.69, 9.17) is 0 Å². The lowest BCUT2D eigenvalue weighted by Gasteiger charge is -2.35. The topological polar surface area (TPSA) is 60.1 Å². The lowest BCUT2D eigenvalue weighted by molar-refractivity contribution is -0.134. The van der Waals surface area contributed by atoms with Crippen LogP contribution in [0, 0.1) is 11.8 Å². The average Bonchev–Trinajstić information content (AvgIpc) is 2.90. The normalized spacial score (nSPS) is 20.8. The van der Waals surface area contributed by atoms with Gasteiger partial charge in [0, 0.05) is 36.4 Å². The van der Waals surface area contributed by atoms with Crippen molar-refractivity contribution in [1.82, 2.24) is 19.2 Å². The maximum absolute atomic E-state index is 13.0. The molecule has 26 heavy (non-hydrogen) atoms. The van der Waals surface area contributed by atoms with Crippen LogP contribution in [0.5, 0.6) is 0 Å². The Balaban J connectivity index is 1.70. The Bertz CT molecular complexity index is 1040. The van der Waals surface area contributed by atoms with E-state index in [-0.39, 0.29) is 18.0 Å². The van der Waals surface area contributed by atoms with Crippen LogP contribution in [0.1, 0.15) is 20.3 Å². The highest BCUT2D eigenvalue weighted by Gasteiger charge is 2.26. The number of likely N-dealkylation sites (tertiary alicyclic amines) is 1. The molecule has 0 bridgehead atoms. The third-order valence-corrected chi connectivity index (χ3v) is 5.42. The van der Waals surface area contributed by atoms with Gasteiger partial charge in [-0.05, 0) is 24.3 Å². The molecule has 6 heteroatoms. The molecule has 4 rings (SSSR count). The molecule has 0 unspecified atom stereocenters. The molecular formula is C20H24N4O2. The van der Waals surface area contributed by atoms with Crippen LogP contribution in [-0.4, -0.2) is 38.2 Å². The first kappa shape index (κ1) is 16.8. The third-order valence-electron chi connectivity index (χ3n) is 5.42. The minimum Gasteiger partial charge on any atom is -0.341 e. The molecule has 2 aromatic heterocycles. The average molecular weight is 352 g/mol. The first-order valence-corrected chi connectivity index (χ1v) is 9.16. The molecule has 3 aromatic rings. The van der Waals surface area contributed by atoms with Gasteiger partial charge < -0.3 is 9.47 Å². The first-order chi connectivity index (χ1) is 12.5.